The zero-order valence-corrected chi connectivity index (χ0v) is 27.9. The number of oxazole rings is 1. The Morgan fingerprint density at radius 3 is 2.41 bits per heavy atom. The van der Waals surface area contributed by atoms with E-state index in [1.807, 2.05) is 37.8 Å². The van der Waals surface area contributed by atoms with Crippen molar-refractivity contribution in [2.24, 2.45) is 11.1 Å². The van der Waals surface area contributed by atoms with Crippen LogP contribution in [0.1, 0.15) is 68.3 Å². The normalized spacial score (nSPS) is 21.0. The number of anilines is 1. The first-order valence-corrected chi connectivity index (χ1v) is 16.8. The van der Waals surface area contributed by atoms with Crippen LogP contribution in [0.15, 0.2) is 82.4 Å². The van der Waals surface area contributed by atoms with Gasteiger partial charge in [-0.3, -0.25) is 9.69 Å². The maximum absolute atomic E-state index is 15.5. The van der Waals surface area contributed by atoms with Crippen LogP contribution in [0.5, 0.6) is 11.5 Å². The molecule has 0 radical (unpaired) electrons. The predicted molar refractivity (Wildman–Crippen MR) is 174 cm³/mol. The molecule has 3 aromatic carbocycles. The summed E-state index contributed by atoms with van der Waals surface area (Å²) in [7, 11) is -1.42. The minimum Gasteiger partial charge on any atom is -0.497 e. The molecule has 12 heteroatoms. The third-order valence-electron chi connectivity index (χ3n) is 8.98. The molecule has 3 heterocycles. The van der Waals surface area contributed by atoms with Gasteiger partial charge in [0.25, 0.3) is 15.9 Å². The van der Waals surface area contributed by atoms with Gasteiger partial charge in [0.15, 0.2) is 5.54 Å². The highest BCUT2D eigenvalue weighted by Gasteiger charge is 2.63. The number of hydrogen-bond donors (Lipinski definition) is 1. The third-order valence-corrected chi connectivity index (χ3v) is 10.9. The van der Waals surface area contributed by atoms with Crippen molar-refractivity contribution >= 4 is 33.2 Å². The van der Waals surface area contributed by atoms with Gasteiger partial charge < -0.3 is 19.6 Å². The number of fused-ring (bicyclic) bond motifs is 1. The van der Waals surface area contributed by atoms with E-state index < -0.39 is 33.6 Å². The van der Waals surface area contributed by atoms with Gasteiger partial charge >= 0.3 is 0 Å². The molecule has 10 nitrogen and oxygen atoms in total. The Labute approximate surface area is 274 Å². The van der Waals surface area contributed by atoms with Crippen LogP contribution in [-0.2, 0) is 20.4 Å². The number of nitrogens with zero attached hydrogens (tertiary/aromatic N) is 3. The Balaban J connectivity index is 1.68. The molecule has 242 valence electrons. The van der Waals surface area contributed by atoms with E-state index in [0.29, 0.717) is 52.9 Å². The Kier molecular flexibility index (Phi) is 8.17. The second kappa shape index (κ2) is 11.7. The number of ether oxygens (including phenoxy) is 2. The van der Waals surface area contributed by atoms with Crippen LogP contribution >= 0.6 is 11.6 Å². The highest BCUT2D eigenvalue weighted by molar-refractivity contribution is 7.93. The predicted octanol–water partition coefficient (Wildman–Crippen LogP) is 6.21. The average molecular weight is 665 g/mol. The smallest absolute Gasteiger partial charge is 0.271 e. The zero-order valence-electron chi connectivity index (χ0n) is 26.4. The number of likely N-dealkylation sites (tertiary alicyclic amines) is 1. The van der Waals surface area contributed by atoms with Gasteiger partial charge in [-0.05, 0) is 78.4 Å². The quantitative estimate of drug-likeness (QED) is 0.234. The van der Waals surface area contributed by atoms with Crippen molar-refractivity contribution in [3.63, 3.8) is 0 Å². The fourth-order valence-electron chi connectivity index (χ4n) is 6.66. The average Bonchev–Trinajstić information content (AvgIpc) is 3.79. The number of rotatable bonds is 8. The summed E-state index contributed by atoms with van der Waals surface area (Å²) in [4.78, 5) is 21.8. The number of carbonyl (C=O) groups excluding carboxylic acids is 1. The van der Waals surface area contributed by atoms with E-state index >= 15 is 4.79 Å². The third kappa shape index (κ3) is 4.97. The first-order chi connectivity index (χ1) is 21.8. The molecule has 0 aliphatic carbocycles. The number of sulfonamides is 1. The van der Waals surface area contributed by atoms with Crippen molar-refractivity contribution in [3.05, 3.63) is 101 Å². The molecule has 1 saturated heterocycles. The molecule has 1 fully saturated rings. The van der Waals surface area contributed by atoms with E-state index in [2.05, 4.69) is 4.98 Å². The standard InChI is InChI=1S/C34H37ClN4O6S/c1-33(2,3)30(36)21-8-15-29(44-5)26(19-21)34(38-17-6-7-28(38)31-37-16-18-45-31)25-20-22(35)9-14-27(25)39(32(34)40)46(41,42)24-12-10-23(43-4)11-13-24/h8-16,18-20,28,30H,6-7,17,36H2,1-5H3/t28-,30?,34?/m0/s1. The van der Waals surface area contributed by atoms with Gasteiger partial charge in [0.2, 0.25) is 5.89 Å². The van der Waals surface area contributed by atoms with E-state index in [1.54, 1.807) is 42.6 Å². The minimum atomic E-state index is -4.43. The van der Waals surface area contributed by atoms with Crippen LogP contribution in [-0.4, -0.2) is 45.0 Å². The first kappa shape index (κ1) is 32.1. The zero-order chi connectivity index (χ0) is 33.0. The first-order valence-electron chi connectivity index (χ1n) is 15.0. The number of carbonyl (C=O) groups is 1. The molecule has 3 atom stereocenters. The fourth-order valence-corrected chi connectivity index (χ4v) is 8.29. The van der Waals surface area contributed by atoms with Crippen molar-refractivity contribution in [2.45, 2.75) is 56.1 Å². The highest BCUT2D eigenvalue weighted by Crippen LogP contribution is 2.57. The summed E-state index contributed by atoms with van der Waals surface area (Å²) in [6.45, 7) is 6.54. The molecule has 0 bridgehead atoms. The molecule has 2 aliphatic heterocycles. The molecule has 0 spiro atoms. The maximum atomic E-state index is 15.5. The lowest BCUT2D eigenvalue weighted by molar-refractivity contribution is -0.127. The van der Waals surface area contributed by atoms with Gasteiger partial charge in [-0.15, -0.1) is 0 Å². The van der Waals surface area contributed by atoms with Crippen molar-refractivity contribution in [3.8, 4) is 11.5 Å². The molecule has 1 aromatic heterocycles. The van der Waals surface area contributed by atoms with Crippen molar-refractivity contribution in [1.29, 1.82) is 0 Å². The minimum absolute atomic E-state index is 0.0699. The summed E-state index contributed by atoms with van der Waals surface area (Å²) in [5.74, 6) is 0.603. The molecule has 6 rings (SSSR count). The summed E-state index contributed by atoms with van der Waals surface area (Å²) in [5.41, 5.74) is 6.55. The van der Waals surface area contributed by atoms with E-state index in [4.69, 9.17) is 31.2 Å². The Morgan fingerprint density at radius 1 is 1.04 bits per heavy atom. The number of hydrogen-bond acceptors (Lipinski definition) is 9. The van der Waals surface area contributed by atoms with Gasteiger partial charge in [0, 0.05) is 28.7 Å². The number of methoxy groups -OCH3 is 2. The number of aromatic nitrogens is 1. The summed E-state index contributed by atoms with van der Waals surface area (Å²) in [6.07, 6.45) is 4.38. The van der Waals surface area contributed by atoms with Gasteiger partial charge in [0.1, 0.15) is 17.8 Å². The topological polar surface area (TPSA) is 128 Å². The van der Waals surface area contributed by atoms with Gasteiger partial charge in [-0.1, -0.05) is 38.4 Å². The van der Waals surface area contributed by atoms with Crippen LogP contribution in [0.4, 0.5) is 5.69 Å². The molecular weight excluding hydrogens is 628 g/mol. The largest absolute Gasteiger partial charge is 0.497 e. The van der Waals surface area contributed by atoms with Crippen molar-refractivity contribution < 1.29 is 27.1 Å². The second-order valence-electron chi connectivity index (χ2n) is 12.6. The number of benzene rings is 3. The van der Waals surface area contributed by atoms with E-state index in [1.165, 1.54) is 32.6 Å². The summed E-state index contributed by atoms with van der Waals surface area (Å²) in [6, 6.07) is 15.4. The Morgan fingerprint density at radius 2 is 1.78 bits per heavy atom. The van der Waals surface area contributed by atoms with E-state index in [9.17, 15) is 8.42 Å². The molecule has 2 aliphatic rings. The lowest BCUT2D eigenvalue weighted by Gasteiger charge is -2.41. The van der Waals surface area contributed by atoms with E-state index in [-0.39, 0.29) is 16.0 Å². The van der Waals surface area contributed by atoms with Crippen LogP contribution in [0, 0.1) is 5.41 Å². The molecule has 2 N–H and O–H groups in total. The van der Waals surface area contributed by atoms with Gasteiger partial charge in [0.05, 0.1) is 37.0 Å². The summed E-state index contributed by atoms with van der Waals surface area (Å²) >= 11 is 6.66. The SMILES string of the molecule is COc1ccc(S(=O)(=O)N2C(=O)C(c3cc(C(N)C(C)(C)C)ccc3OC)(N3CCC[C@H]3c3ncco3)c3cc(Cl)ccc32)cc1. The van der Waals surface area contributed by atoms with Crippen LogP contribution in [0.3, 0.4) is 0 Å². The molecule has 1 amide bonds. The monoisotopic (exact) mass is 664 g/mol. The van der Waals surface area contributed by atoms with Crippen LogP contribution in [0.25, 0.3) is 0 Å². The molecular formula is C34H37ClN4O6S. The van der Waals surface area contributed by atoms with Crippen LogP contribution < -0.4 is 19.5 Å². The van der Waals surface area contributed by atoms with Crippen molar-refractivity contribution in [2.75, 3.05) is 25.1 Å². The Bertz CT molecular complexity index is 1870. The number of halogens is 1. The van der Waals surface area contributed by atoms with Gasteiger partial charge in [-0.25, -0.2) is 17.7 Å². The van der Waals surface area contributed by atoms with E-state index in [0.717, 1.165) is 9.87 Å². The summed E-state index contributed by atoms with van der Waals surface area (Å²) < 4.78 is 46.9. The molecule has 4 aromatic rings. The van der Waals surface area contributed by atoms with Crippen LogP contribution in [0.2, 0.25) is 5.02 Å². The molecule has 46 heavy (non-hydrogen) atoms. The highest BCUT2D eigenvalue weighted by atomic mass is 35.5. The second-order valence-corrected chi connectivity index (χ2v) is 14.9. The lowest BCUT2D eigenvalue weighted by atomic mass is 9.77. The molecule has 2 unspecified atom stereocenters. The fraction of sp³-hybridized carbons (Fsp3) is 0.353. The molecule has 0 saturated carbocycles. The van der Waals surface area contributed by atoms with Gasteiger partial charge in [-0.2, -0.15) is 0 Å². The number of amides is 1. The maximum Gasteiger partial charge on any atom is 0.271 e. The summed E-state index contributed by atoms with van der Waals surface area (Å²) in [5, 5.41) is 0.341. The Hall–Kier alpha value is -3.90. The lowest BCUT2D eigenvalue weighted by Crippen LogP contribution is -2.54. The van der Waals surface area contributed by atoms with Crippen molar-refractivity contribution in [1.82, 2.24) is 9.88 Å². The number of nitrogens with two attached hydrogens (primary N) is 1.